The predicted octanol–water partition coefficient (Wildman–Crippen LogP) is -3.12. The van der Waals surface area contributed by atoms with E-state index in [1.165, 1.54) is 0 Å². The summed E-state index contributed by atoms with van der Waals surface area (Å²) in [6.45, 7) is 0. The Morgan fingerprint density at radius 1 is 1.00 bits per heavy atom. The van der Waals surface area contributed by atoms with Crippen LogP contribution in [0.3, 0.4) is 0 Å². The fourth-order valence-corrected chi connectivity index (χ4v) is 0. The Hall–Kier alpha value is 1.56. The van der Waals surface area contributed by atoms with Gasteiger partial charge in [-0.05, 0) is 0 Å². The molecule has 0 heterocycles. The maximum Gasteiger partial charge on any atom is 2.00 e. The van der Waals surface area contributed by atoms with Crippen LogP contribution in [0.25, 0.3) is 0 Å². The molecule has 0 aliphatic rings. The average molecular weight is 141 g/mol. The first-order valence-electron chi connectivity index (χ1n) is 0. The van der Waals surface area contributed by atoms with Crippen molar-refractivity contribution in [3.8, 4) is 0 Å². The van der Waals surface area contributed by atoms with Gasteiger partial charge < -0.3 is 5.48 Å². The molecule has 0 aliphatic heterocycles. The molecule has 0 aromatic rings. The molecule has 1 radical (unpaired) electrons. The van der Waals surface area contributed by atoms with Crippen LogP contribution in [0.4, 0.5) is 0 Å². The van der Waals surface area contributed by atoms with Gasteiger partial charge in [-0.2, -0.15) is 0 Å². The molecule has 0 spiro atoms. The zero-order chi connectivity index (χ0) is 0. The smallest absolute Gasteiger partial charge is 2.00 e. The van der Waals surface area contributed by atoms with Crippen LogP contribution in [0.15, 0.2) is 0 Å². The van der Waals surface area contributed by atoms with Crippen molar-refractivity contribution in [1.29, 1.82) is 0 Å². The minimum atomic E-state index is 0. The standard InChI is InChI=1S/Co.Li.Ni.O/q+2;+1;+2;-2. The average Bonchev–Trinajstić information content (AvgIpc) is 0. The van der Waals surface area contributed by atoms with Gasteiger partial charge in [-0.25, -0.2) is 0 Å². The van der Waals surface area contributed by atoms with Crippen molar-refractivity contribution < 1.29 is 57.6 Å². The van der Waals surface area contributed by atoms with E-state index in [-0.39, 0.29) is 57.6 Å². The van der Waals surface area contributed by atoms with Crippen molar-refractivity contribution >= 4 is 0 Å². The SMILES string of the molecule is [Co+2].[Li+].[Ni+2].[O-2]. The second-order valence-electron chi connectivity index (χ2n) is 0. The Balaban J connectivity index is 0. The molecule has 0 aliphatic carbocycles. The summed E-state index contributed by atoms with van der Waals surface area (Å²) in [6, 6.07) is 0. The molecular formula is CoLiNiO+3. The second kappa shape index (κ2) is 23.8. The molecule has 4 heavy (non-hydrogen) atoms. The quantitative estimate of drug-likeness (QED) is 0.319. The number of rotatable bonds is 0. The summed E-state index contributed by atoms with van der Waals surface area (Å²) in [7, 11) is 0. The topological polar surface area (TPSA) is 28.5 Å². The van der Waals surface area contributed by atoms with Crippen LogP contribution in [-0.2, 0) is 38.7 Å². The van der Waals surface area contributed by atoms with Gasteiger partial charge >= 0.3 is 52.1 Å². The summed E-state index contributed by atoms with van der Waals surface area (Å²) < 4.78 is 0. The Kier molecular flexibility index (Phi) is 283. The molecule has 23 valence electrons. The third-order valence-electron chi connectivity index (χ3n) is 0. The number of hydrogen-bond donors (Lipinski definition) is 0. The van der Waals surface area contributed by atoms with Gasteiger partial charge in [0.05, 0.1) is 0 Å². The normalized spacial score (nSPS) is 0. The van der Waals surface area contributed by atoms with E-state index in [4.69, 9.17) is 0 Å². The largest absolute Gasteiger partial charge is 2.00 e. The maximum absolute atomic E-state index is 0. The van der Waals surface area contributed by atoms with Crippen molar-refractivity contribution in [1.82, 2.24) is 0 Å². The molecule has 0 aromatic carbocycles. The van der Waals surface area contributed by atoms with Crippen LogP contribution in [-0.4, -0.2) is 0 Å². The van der Waals surface area contributed by atoms with Gasteiger partial charge in [-0.3, -0.25) is 0 Å². The summed E-state index contributed by atoms with van der Waals surface area (Å²) in [5.74, 6) is 0. The molecule has 0 rings (SSSR count). The van der Waals surface area contributed by atoms with Crippen LogP contribution < -0.4 is 18.9 Å². The van der Waals surface area contributed by atoms with Crippen LogP contribution in [0.1, 0.15) is 0 Å². The van der Waals surface area contributed by atoms with Crippen LogP contribution in [0.2, 0.25) is 0 Å². The van der Waals surface area contributed by atoms with E-state index in [1.807, 2.05) is 0 Å². The van der Waals surface area contributed by atoms with Gasteiger partial charge in [0, 0.05) is 0 Å². The van der Waals surface area contributed by atoms with Gasteiger partial charge in [0.25, 0.3) is 0 Å². The van der Waals surface area contributed by atoms with Gasteiger partial charge in [0.1, 0.15) is 0 Å². The van der Waals surface area contributed by atoms with E-state index in [1.54, 1.807) is 0 Å². The molecule has 0 amide bonds. The van der Waals surface area contributed by atoms with Gasteiger partial charge in [0.15, 0.2) is 0 Å². The summed E-state index contributed by atoms with van der Waals surface area (Å²) >= 11 is 0. The first-order chi connectivity index (χ1) is 0. The second-order valence-corrected chi connectivity index (χ2v) is 0. The van der Waals surface area contributed by atoms with Gasteiger partial charge in [-0.15, -0.1) is 0 Å². The predicted molar refractivity (Wildman–Crippen MR) is 0.686 cm³/mol. The summed E-state index contributed by atoms with van der Waals surface area (Å²) in [5, 5.41) is 0. The van der Waals surface area contributed by atoms with Gasteiger partial charge in [-0.1, -0.05) is 0 Å². The zero-order valence-electron chi connectivity index (χ0n) is 2.06. The maximum atomic E-state index is 0. The molecule has 4 heteroatoms. The minimum absolute atomic E-state index is 0. The zero-order valence-corrected chi connectivity index (χ0v) is 4.09. The number of hydrogen-bond acceptors (Lipinski definition) is 0. The van der Waals surface area contributed by atoms with E-state index >= 15 is 0 Å². The van der Waals surface area contributed by atoms with Crippen LogP contribution in [0.5, 0.6) is 0 Å². The van der Waals surface area contributed by atoms with Crippen molar-refractivity contribution in [3.63, 3.8) is 0 Å². The summed E-state index contributed by atoms with van der Waals surface area (Å²) in [4.78, 5) is 0. The van der Waals surface area contributed by atoms with Crippen LogP contribution >= 0.6 is 0 Å². The fraction of sp³-hybridized carbons (Fsp3) is 0. The molecule has 0 saturated carbocycles. The van der Waals surface area contributed by atoms with Crippen molar-refractivity contribution in [2.24, 2.45) is 0 Å². The van der Waals surface area contributed by atoms with E-state index in [9.17, 15) is 0 Å². The monoisotopic (exact) mass is 140 g/mol. The Bertz CT molecular complexity index is 8.00. The Labute approximate surface area is 57.5 Å². The molecule has 0 bridgehead atoms. The minimum Gasteiger partial charge on any atom is -2.00 e. The van der Waals surface area contributed by atoms with Crippen molar-refractivity contribution in [2.45, 2.75) is 0 Å². The van der Waals surface area contributed by atoms with Crippen molar-refractivity contribution in [3.05, 3.63) is 0 Å². The Morgan fingerprint density at radius 3 is 1.00 bits per heavy atom. The van der Waals surface area contributed by atoms with Gasteiger partial charge in [0.2, 0.25) is 0 Å². The third kappa shape index (κ3) is 9.59. The fourth-order valence-electron chi connectivity index (χ4n) is 0. The summed E-state index contributed by atoms with van der Waals surface area (Å²) in [6.07, 6.45) is 0. The third-order valence-corrected chi connectivity index (χ3v) is 0. The summed E-state index contributed by atoms with van der Waals surface area (Å²) in [5.41, 5.74) is 0. The molecule has 1 nitrogen and oxygen atoms in total. The van der Waals surface area contributed by atoms with E-state index in [0.717, 1.165) is 0 Å². The first-order valence-corrected chi connectivity index (χ1v) is 0. The van der Waals surface area contributed by atoms with E-state index in [2.05, 4.69) is 0 Å². The van der Waals surface area contributed by atoms with Crippen LogP contribution in [0, 0.1) is 0 Å². The van der Waals surface area contributed by atoms with E-state index < -0.39 is 0 Å². The molecular weight excluding hydrogens is 141 g/mol. The molecule has 0 saturated heterocycles. The molecule has 0 aromatic heterocycles. The molecule has 0 unspecified atom stereocenters. The van der Waals surface area contributed by atoms with Crippen molar-refractivity contribution in [2.75, 3.05) is 0 Å². The molecule has 0 fully saturated rings. The van der Waals surface area contributed by atoms with E-state index in [0.29, 0.717) is 0 Å². The first kappa shape index (κ1) is 47.6. The molecule has 0 N–H and O–H groups in total. The molecule has 0 atom stereocenters. The Morgan fingerprint density at radius 2 is 1.00 bits per heavy atom.